The zero-order valence-electron chi connectivity index (χ0n) is 14.3. The van der Waals surface area contributed by atoms with Crippen molar-refractivity contribution in [2.75, 3.05) is 19.0 Å². The van der Waals surface area contributed by atoms with Crippen molar-refractivity contribution in [2.24, 2.45) is 0 Å². The highest BCUT2D eigenvalue weighted by Gasteiger charge is 2.55. The molecule has 9 heteroatoms. The van der Waals surface area contributed by atoms with E-state index in [-0.39, 0.29) is 11.6 Å². The first kappa shape index (κ1) is 18.0. The highest BCUT2D eigenvalue weighted by molar-refractivity contribution is 8.00. The number of nitrogens with one attached hydrogen (secondary N) is 1. The van der Waals surface area contributed by atoms with Gasteiger partial charge in [0.1, 0.15) is 17.1 Å². The molecule has 3 aliphatic rings. The minimum atomic E-state index is -1.20. The quantitative estimate of drug-likeness (QED) is 0.733. The van der Waals surface area contributed by atoms with Gasteiger partial charge < -0.3 is 19.9 Å². The van der Waals surface area contributed by atoms with Crippen LogP contribution in [0.4, 0.5) is 0 Å². The van der Waals surface area contributed by atoms with Crippen molar-refractivity contribution >= 4 is 29.5 Å². The van der Waals surface area contributed by atoms with Crippen molar-refractivity contribution in [1.29, 1.82) is 0 Å². The zero-order chi connectivity index (χ0) is 19.0. The molecule has 0 bridgehead atoms. The minimum Gasteiger partial charge on any atom is -0.477 e. The van der Waals surface area contributed by atoms with Crippen LogP contribution >= 0.6 is 11.8 Å². The summed E-state index contributed by atoms with van der Waals surface area (Å²) in [5.41, 5.74) is 0.800. The second-order valence-electron chi connectivity index (χ2n) is 6.33. The van der Waals surface area contributed by atoms with Gasteiger partial charge in [0.05, 0.1) is 13.2 Å². The van der Waals surface area contributed by atoms with E-state index in [1.54, 1.807) is 30.3 Å². The third-order valence-electron chi connectivity index (χ3n) is 4.63. The van der Waals surface area contributed by atoms with E-state index in [9.17, 15) is 19.5 Å². The maximum Gasteiger partial charge on any atom is 0.352 e. The zero-order valence-corrected chi connectivity index (χ0v) is 15.1. The Bertz CT molecular complexity index is 805. The summed E-state index contributed by atoms with van der Waals surface area (Å²) in [6.07, 6.45) is 0.00196. The number of carboxylic acid groups (broad SMARTS) is 1. The van der Waals surface area contributed by atoms with Crippen molar-refractivity contribution in [1.82, 2.24) is 10.2 Å². The Hall–Kier alpha value is -2.36. The SMILES string of the molecule is O=C(O)C1=C(C2OCCCO2)CS[C@@H]2C(NC(=O)c3ccccc3)C(=O)N12. The largest absolute Gasteiger partial charge is 0.477 e. The Morgan fingerprint density at radius 3 is 2.56 bits per heavy atom. The van der Waals surface area contributed by atoms with E-state index in [1.165, 1.54) is 16.7 Å². The summed E-state index contributed by atoms with van der Waals surface area (Å²) >= 11 is 1.39. The number of β-lactam (4-membered cyclic amide) rings is 1. The van der Waals surface area contributed by atoms with Gasteiger partial charge in [-0.25, -0.2) is 4.79 Å². The van der Waals surface area contributed by atoms with Crippen molar-refractivity contribution < 1.29 is 29.0 Å². The van der Waals surface area contributed by atoms with Crippen LogP contribution in [0.3, 0.4) is 0 Å². The second kappa shape index (κ2) is 7.34. The molecule has 0 aliphatic carbocycles. The highest BCUT2D eigenvalue weighted by Crippen LogP contribution is 2.42. The summed E-state index contributed by atoms with van der Waals surface area (Å²) in [6, 6.07) is 7.82. The monoisotopic (exact) mass is 390 g/mol. The molecule has 2 amide bonds. The van der Waals surface area contributed by atoms with Crippen LogP contribution in [-0.4, -0.2) is 64.5 Å². The van der Waals surface area contributed by atoms with Gasteiger partial charge in [-0.1, -0.05) is 18.2 Å². The van der Waals surface area contributed by atoms with Crippen LogP contribution in [0.25, 0.3) is 0 Å². The number of fused-ring (bicyclic) bond motifs is 1. The topological polar surface area (TPSA) is 105 Å². The fourth-order valence-electron chi connectivity index (χ4n) is 3.33. The number of thioether (sulfide) groups is 1. The molecule has 1 aromatic carbocycles. The number of carbonyl (C=O) groups is 3. The Kier molecular flexibility index (Phi) is 4.90. The number of carbonyl (C=O) groups excluding carboxylic acids is 2. The predicted octanol–water partition coefficient (Wildman–Crippen LogP) is 0.802. The van der Waals surface area contributed by atoms with E-state index in [1.807, 2.05) is 0 Å². The van der Waals surface area contributed by atoms with Gasteiger partial charge in [-0.3, -0.25) is 14.5 Å². The van der Waals surface area contributed by atoms with E-state index < -0.39 is 29.6 Å². The maximum absolute atomic E-state index is 12.6. The lowest BCUT2D eigenvalue weighted by Crippen LogP contribution is -2.70. The van der Waals surface area contributed by atoms with Crippen LogP contribution in [0.15, 0.2) is 41.6 Å². The minimum absolute atomic E-state index is 0.0964. The van der Waals surface area contributed by atoms with E-state index in [0.717, 1.165) is 6.42 Å². The first-order valence-electron chi connectivity index (χ1n) is 8.58. The van der Waals surface area contributed by atoms with Crippen LogP contribution in [0.5, 0.6) is 0 Å². The molecule has 0 radical (unpaired) electrons. The molecule has 2 saturated heterocycles. The van der Waals surface area contributed by atoms with Crippen molar-refractivity contribution in [3.8, 4) is 0 Å². The second-order valence-corrected chi connectivity index (χ2v) is 7.44. The van der Waals surface area contributed by atoms with Gasteiger partial charge in [-0.2, -0.15) is 0 Å². The number of hydrogen-bond acceptors (Lipinski definition) is 6. The standard InChI is InChI=1S/C18H18N2O6S/c21-14(10-5-2-1-3-6-10)19-12-15(22)20-13(17(23)24)11(9-27-16(12)20)18-25-7-4-8-26-18/h1-3,5-6,12,16,18H,4,7-9H2,(H,19,21)(H,23,24)/t12?,16-/m1/s1. The molecule has 1 unspecified atom stereocenters. The smallest absolute Gasteiger partial charge is 0.352 e. The first-order valence-corrected chi connectivity index (χ1v) is 9.63. The van der Waals surface area contributed by atoms with Gasteiger partial charge >= 0.3 is 5.97 Å². The van der Waals surface area contributed by atoms with E-state index in [0.29, 0.717) is 30.1 Å². The Morgan fingerprint density at radius 2 is 1.89 bits per heavy atom. The fraction of sp³-hybridized carbons (Fsp3) is 0.389. The number of rotatable bonds is 4. The molecule has 142 valence electrons. The molecular weight excluding hydrogens is 372 g/mol. The van der Waals surface area contributed by atoms with Gasteiger partial charge in [-0.05, 0) is 18.6 Å². The summed E-state index contributed by atoms with van der Waals surface area (Å²) < 4.78 is 11.1. The summed E-state index contributed by atoms with van der Waals surface area (Å²) in [5.74, 6) is -1.64. The van der Waals surface area contributed by atoms with Crippen molar-refractivity contribution in [3.63, 3.8) is 0 Å². The van der Waals surface area contributed by atoms with Crippen LogP contribution in [0.1, 0.15) is 16.8 Å². The lowest BCUT2D eigenvalue weighted by Gasteiger charge is -2.50. The number of amides is 2. The van der Waals surface area contributed by atoms with Gasteiger partial charge in [0, 0.05) is 16.9 Å². The number of benzene rings is 1. The first-order chi connectivity index (χ1) is 13.1. The molecule has 0 saturated carbocycles. The highest BCUT2D eigenvalue weighted by atomic mass is 32.2. The van der Waals surface area contributed by atoms with Crippen molar-refractivity contribution in [2.45, 2.75) is 24.1 Å². The predicted molar refractivity (Wildman–Crippen MR) is 95.8 cm³/mol. The Balaban J connectivity index is 1.53. The van der Waals surface area contributed by atoms with Gasteiger partial charge in [0.15, 0.2) is 6.29 Å². The third-order valence-corrected chi connectivity index (χ3v) is 5.94. The molecule has 2 atom stereocenters. The fourth-order valence-corrected chi connectivity index (χ4v) is 4.69. The van der Waals surface area contributed by atoms with Crippen LogP contribution in [-0.2, 0) is 19.1 Å². The molecular formula is C18H18N2O6S. The summed E-state index contributed by atoms with van der Waals surface area (Å²) in [5, 5.41) is 11.9. The number of carboxylic acids is 1. The number of hydrogen-bond donors (Lipinski definition) is 2. The molecule has 3 heterocycles. The average molecular weight is 390 g/mol. The molecule has 1 aromatic rings. The molecule has 8 nitrogen and oxygen atoms in total. The van der Waals surface area contributed by atoms with Gasteiger partial charge in [-0.15, -0.1) is 11.8 Å². The number of ether oxygens (including phenoxy) is 2. The molecule has 0 aromatic heterocycles. The normalized spacial score (nSPS) is 25.6. The van der Waals surface area contributed by atoms with Crippen LogP contribution in [0, 0.1) is 0 Å². The lowest BCUT2D eigenvalue weighted by molar-refractivity contribution is -0.161. The molecule has 4 rings (SSSR count). The molecule has 27 heavy (non-hydrogen) atoms. The van der Waals surface area contributed by atoms with Gasteiger partial charge in [0.2, 0.25) is 0 Å². The number of nitrogens with zero attached hydrogens (tertiary/aromatic N) is 1. The van der Waals surface area contributed by atoms with Crippen molar-refractivity contribution in [3.05, 3.63) is 47.2 Å². The van der Waals surface area contributed by atoms with E-state index in [2.05, 4.69) is 5.32 Å². The maximum atomic E-state index is 12.6. The summed E-state index contributed by atoms with van der Waals surface area (Å²) in [4.78, 5) is 38.0. The lowest BCUT2D eigenvalue weighted by atomic mass is 10.0. The van der Waals surface area contributed by atoms with Gasteiger partial charge in [0.25, 0.3) is 11.8 Å². The van der Waals surface area contributed by atoms with E-state index >= 15 is 0 Å². The van der Waals surface area contributed by atoms with Crippen LogP contribution < -0.4 is 5.32 Å². The molecule has 3 aliphatic heterocycles. The third kappa shape index (κ3) is 3.22. The molecule has 2 fully saturated rings. The van der Waals surface area contributed by atoms with E-state index in [4.69, 9.17) is 9.47 Å². The summed E-state index contributed by atoms with van der Waals surface area (Å²) in [7, 11) is 0. The molecule has 0 spiro atoms. The molecule has 2 N–H and O–H groups in total. The van der Waals surface area contributed by atoms with Crippen LogP contribution in [0.2, 0.25) is 0 Å². The Labute approximate surface area is 159 Å². The average Bonchev–Trinajstić information content (AvgIpc) is 2.71. The Morgan fingerprint density at radius 1 is 1.19 bits per heavy atom. The summed E-state index contributed by atoms with van der Waals surface area (Å²) in [6.45, 7) is 0.970. The number of aliphatic carboxylic acids is 1.